The molecular formula is C26H31BrO4. The Hall–Kier alpha value is -1.01. The fraction of sp³-hybridized carbons (Fsp3) is 0.654. The molecule has 1 aliphatic heterocycles. The predicted molar refractivity (Wildman–Crippen MR) is 121 cm³/mol. The Balaban J connectivity index is 1.48. The van der Waals surface area contributed by atoms with Crippen molar-refractivity contribution < 1.29 is 19.4 Å². The second-order valence-electron chi connectivity index (χ2n) is 10.7. The first kappa shape index (κ1) is 20.6. The molecule has 4 aliphatic carbocycles. The normalized spacial score (nSPS) is 41.3. The molecule has 4 fully saturated rings. The topological polar surface area (TPSA) is 55.8 Å². The molecular weight excluding hydrogens is 456 g/mol. The van der Waals surface area contributed by atoms with Gasteiger partial charge in [-0.2, -0.15) is 0 Å². The van der Waals surface area contributed by atoms with Gasteiger partial charge >= 0.3 is 0 Å². The number of ketones is 1. The fourth-order valence-corrected chi connectivity index (χ4v) is 8.04. The minimum absolute atomic E-state index is 0.197. The van der Waals surface area contributed by atoms with Crippen LogP contribution in [0, 0.1) is 17.3 Å². The molecule has 1 aromatic carbocycles. The zero-order valence-corrected chi connectivity index (χ0v) is 19.7. The van der Waals surface area contributed by atoms with E-state index in [1.807, 2.05) is 0 Å². The summed E-state index contributed by atoms with van der Waals surface area (Å²) in [5.41, 5.74) is 2.87. The van der Waals surface area contributed by atoms with Crippen molar-refractivity contribution in [2.75, 3.05) is 13.2 Å². The van der Waals surface area contributed by atoms with Gasteiger partial charge < -0.3 is 14.6 Å². The quantitative estimate of drug-likeness (QED) is 0.548. The zero-order chi connectivity index (χ0) is 21.4. The molecule has 0 aromatic heterocycles. The summed E-state index contributed by atoms with van der Waals surface area (Å²) in [6, 6.07) is 8.60. The van der Waals surface area contributed by atoms with Gasteiger partial charge in [0.15, 0.2) is 5.79 Å². The monoisotopic (exact) mass is 486 g/mol. The largest absolute Gasteiger partial charge is 0.385 e. The van der Waals surface area contributed by atoms with Crippen molar-refractivity contribution in [3.05, 3.63) is 45.4 Å². The highest BCUT2D eigenvalue weighted by atomic mass is 79.9. The molecule has 5 heteroatoms. The lowest BCUT2D eigenvalue weighted by Gasteiger charge is -2.55. The van der Waals surface area contributed by atoms with E-state index in [-0.39, 0.29) is 11.3 Å². The number of carbonyl (C=O) groups excluding carboxylic acids is 1. The maximum atomic E-state index is 13.0. The van der Waals surface area contributed by atoms with E-state index in [2.05, 4.69) is 47.1 Å². The van der Waals surface area contributed by atoms with Crippen LogP contribution in [0.5, 0.6) is 0 Å². The first-order valence-electron chi connectivity index (χ1n) is 11.9. The van der Waals surface area contributed by atoms with Crippen LogP contribution in [0.3, 0.4) is 0 Å². The zero-order valence-electron chi connectivity index (χ0n) is 18.2. The maximum Gasteiger partial charge on any atom is 0.171 e. The first-order valence-corrected chi connectivity index (χ1v) is 12.7. The maximum absolute atomic E-state index is 13.0. The Morgan fingerprint density at radius 2 is 1.81 bits per heavy atom. The molecule has 1 N–H and O–H groups in total. The third-order valence-corrected chi connectivity index (χ3v) is 9.74. The fourth-order valence-electron chi connectivity index (χ4n) is 7.78. The van der Waals surface area contributed by atoms with Crippen molar-refractivity contribution in [1.82, 2.24) is 0 Å². The number of aliphatic hydroxyl groups is 1. The Labute approximate surface area is 192 Å². The molecule has 2 unspecified atom stereocenters. The Bertz CT molecular complexity index is 947. The molecule has 1 heterocycles. The van der Waals surface area contributed by atoms with Crippen molar-refractivity contribution in [2.24, 2.45) is 17.3 Å². The number of fused-ring (bicyclic) bond motifs is 4. The molecule has 1 aromatic rings. The average molecular weight is 487 g/mol. The van der Waals surface area contributed by atoms with Crippen LogP contribution in [0.2, 0.25) is 0 Å². The minimum Gasteiger partial charge on any atom is -0.385 e. The van der Waals surface area contributed by atoms with Crippen LogP contribution >= 0.6 is 15.9 Å². The van der Waals surface area contributed by atoms with Gasteiger partial charge in [0, 0.05) is 35.1 Å². The Morgan fingerprint density at radius 3 is 2.55 bits per heavy atom. The van der Waals surface area contributed by atoms with Crippen LogP contribution in [0.15, 0.2) is 39.9 Å². The highest BCUT2D eigenvalue weighted by molar-refractivity contribution is 9.10. The van der Waals surface area contributed by atoms with Crippen molar-refractivity contribution in [2.45, 2.75) is 75.6 Å². The van der Waals surface area contributed by atoms with Crippen LogP contribution in [-0.4, -0.2) is 35.5 Å². The standard InChI is InChI=1S/C26H31BrO4/c1-24-14-19(16-2-4-17(27)5-3-16)23-18(20(24)6-7-22(24)28)8-10-25(29)15-26(11-9-21(23)25)30-12-13-31-26/h2-5,18-20,29H,6-15H2,1H3/t18?,19-,20?,24+,25-/m1/s1. The molecule has 5 aliphatic rings. The van der Waals surface area contributed by atoms with Gasteiger partial charge in [-0.1, -0.05) is 40.6 Å². The van der Waals surface area contributed by atoms with E-state index in [0.29, 0.717) is 43.7 Å². The third kappa shape index (κ3) is 2.99. The molecule has 4 nitrogen and oxygen atoms in total. The molecule has 3 saturated carbocycles. The summed E-state index contributed by atoms with van der Waals surface area (Å²) in [4.78, 5) is 13.0. The summed E-state index contributed by atoms with van der Waals surface area (Å²) in [5.74, 6) is 0.843. The van der Waals surface area contributed by atoms with E-state index in [9.17, 15) is 9.90 Å². The van der Waals surface area contributed by atoms with Crippen molar-refractivity contribution in [3.8, 4) is 0 Å². The van der Waals surface area contributed by atoms with Crippen molar-refractivity contribution >= 4 is 21.7 Å². The van der Waals surface area contributed by atoms with Gasteiger partial charge in [-0.3, -0.25) is 4.79 Å². The summed E-state index contributed by atoms with van der Waals surface area (Å²) < 4.78 is 13.1. The van der Waals surface area contributed by atoms with Crippen LogP contribution < -0.4 is 0 Å². The number of halogens is 1. The van der Waals surface area contributed by atoms with Gasteiger partial charge in [-0.15, -0.1) is 0 Å². The van der Waals surface area contributed by atoms with Gasteiger partial charge in [0.25, 0.3) is 0 Å². The summed E-state index contributed by atoms with van der Waals surface area (Å²) in [7, 11) is 0. The van der Waals surface area contributed by atoms with Gasteiger partial charge in [-0.05, 0) is 67.2 Å². The van der Waals surface area contributed by atoms with Crippen LogP contribution in [0.1, 0.15) is 69.8 Å². The lowest BCUT2D eigenvalue weighted by molar-refractivity contribution is -0.208. The third-order valence-electron chi connectivity index (χ3n) is 9.21. The van der Waals surface area contributed by atoms with Gasteiger partial charge in [0.2, 0.25) is 0 Å². The number of allylic oxidation sites excluding steroid dienone is 1. The first-order chi connectivity index (χ1) is 14.8. The summed E-state index contributed by atoms with van der Waals surface area (Å²) >= 11 is 3.57. The molecule has 0 radical (unpaired) electrons. The molecule has 166 valence electrons. The Kier molecular flexibility index (Phi) is 4.64. The van der Waals surface area contributed by atoms with Crippen molar-refractivity contribution in [3.63, 3.8) is 0 Å². The smallest absolute Gasteiger partial charge is 0.171 e. The van der Waals surface area contributed by atoms with E-state index in [1.165, 1.54) is 16.7 Å². The lowest BCUT2D eigenvalue weighted by Crippen LogP contribution is -2.53. The second-order valence-corrected chi connectivity index (χ2v) is 11.6. The van der Waals surface area contributed by atoms with Gasteiger partial charge in [0.1, 0.15) is 5.78 Å². The van der Waals surface area contributed by atoms with E-state index in [4.69, 9.17) is 9.47 Å². The summed E-state index contributed by atoms with van der Waals surface area (Å²) in [6.07, 6.45) is 6.45. The van der Waals surface area contributed by atoms with E-state index < -0.39 is 11.4 Å². The number of rotatable bonds is 1. The van der Waals surface area contributed by atoms with E-state index in [0.717, 1.165) is 43.0 Å². The molecule has 0 bridgehead atoms. The van der Waals surface area contributed by atoms with E-state index in [1.54, 1.807) is 0 Å². The molecule has 1 spiro atoms. The van der Waals surface area contributed by atoms with Crippen LogP contribution in [0.4, 0.5) is 0 Å². The SMILES string of the molecule is C[C@]12C[C@H](c3ccc(Br)cc3)C3=C4CCC5(C[C@]4(O)CCC3C1CCC2=O)OCCO5. The summed E-state index contributed by atoms with van der Waals surface area (Å²) in [6.45, 7) is 3.46. The minimum atomic E-state index is -0.849. The average Bonchev–Trinajstić information content (AvgIpc) is 3.31. The number of Topliss-reactive ketones (excluding diaryl/α,β-unsaturated/α-hetero) is 1. The van der Waals surface area contributed by atoms with Gasteiger partial charge in [0.05, 0.1) is 18.8 Å². The lowest BCUT2D eigenvalue weighted by atomic mass is 9.51. The number of ether oxygens (including phenoxy) is 2. The highest BCUT2D eigenvalue weighted by Gasteiger charge is 2.60. The molecule has 5 atom stereocenters. The number of carbonyl (C=O) groups is 1. The summed E-state index contributed by atoms with van der Waals surface area (Å²) in [5, 5.41) is 11.9. The molecule has 1 saturated heterocycles. The van der Waals surface area contributed by atoms with Crippen LogP contribution in [-0.2, 0) is 14.3 Å². The highest BCUT2D eigenvalue weighted by Crippen LogP contribution is 2.64. The molecule has 31 heavy (non-hydrogen) atoms. The number of hydrogen-bond acceptors (Lipinski definition) is 4. The number of benzene rings is 1. The number of hydrogen-bond donors (Lipinski definition) is 1. The van der Waals surface area contributed by atoms with Gasteiger partial charge in [-0.25, -0.2) is 0 Å². The second kappa shape index (κ2) is 6.99. The predicted octanol–water partition coefficient (Wildman–Crippen LogP) is 5.29. The van der Waals surface area contributed by atoms with Crippen molar-refractivity contribution in [1.29, 1.82) is 0 Å². The van der Waals surface area contributed by atoms with E-state index >= 15 is 0 Å². The molecule has 6 rings (SSSR count). The molecule has 0 amide bonds. The van der Waals surface area contributed by atoms with Crippen LogP contribution in [0.25, 0.3) is 0 Å². The Morgan fingerprint density at radius 1 is 1.06 bits per heavy atom.